The molecule has 3 rings (SSSR count). The van der Waals surface area contributed by atoms with Gasteiger partial charge in [0.2, 0.25) is 0 Å². The Balaban J connectivity index is 1.58. The molecule has 0 fully saturated rings. The molecule has 1 unspecified atom stereocenters. The lowest BCUT2D eigenvalue weighted by molar-refractivity contribution is 0.102. The molecular weight excluding hydrogens is 362 g/mol. The van der Waals surface area contributed by atoms with Gasteiger partial charge < -0.3 is 14.8 Å². The Morgan fingerprint density at radius 3 is 2.48 bits per heavy atom. The van der Waals surface area contributed by atoms with Crippen molar-refractivity contribution in [2.45, 2.75) is 32.8 Å². The first-order chi connectivity index (χ1) is 14.1. The van der Waals surface area contributed by atoms with E-state index < -0.39 is 0 Å². The monoisotopic (exact) mass is 389 g/mol. The molecule has 0 saturated heterocycles. The van der Waals surface area contributed by atoms with E-state index >= 15 is 0 Å². The standard InChI is InChI=1S/C25H27NO3/c1-3-19(2)29-24-14-7-11-21(17-24)25(27)26-22-12-8-13-23(18-22)28-16-15-20-9-5-4-6-10-20/h4-14,17-19H,3,15-16H2,1-2H3,(H,26,27). The molecule has 0 aliphatic heterocycles. The number of benzene rings is 3. The number of hydrogen-bond donors (Lipinski definition) is 1. The molecule has 1 amide bonds. The summed E-state index contributed by atoms with van der Waals surface area (Å²) in [5, 5.41) is 2.93. The molecule has 0 aromatic heterocycles. The highest BCUT2D eigenvalue weighted by Crippen LogP contribution is 2.20. The molecule has 0 saturated carbocycles. The summed E-state index contributed by atoms with van der Waals surface area (Å²) in [6.07, 6.45) is 1.85. The lowest BCUT2D eigenvalue weighted by atomic mass is 10.2. The number of carbonyl (C=O) groups is 1. The van der Waals surface area contributed by atoms with Gasteiger partial charge in [-0.3, -0.25) is 4.79 Å². The van der Waals surface area contributed by atoms with Gasteiger partial charge in [0.05, 0.1) is 12.7 Å². The van der Waals surface area contributed by atoms with E-state index in [0.29, 0.717) is 23.6 Å². The van der Waals surface area contributed by atoms with Crippen molar-refractivity contribution in [3.05, 3.63) is 90.0 Å². The van der Waals surface area contributed by atoms with E-state index in [1.54, 1.807) is 12.1 Å². The summed E-state index contributed by atoms with van der Waals surface area (Å²) < 4.78 is 11.6. The van der Waals surface area contributed by atoms with Crippen LogP contribution in [0.15, 0.2) is 78.9 Å². The van der Waals surface area contributed by atoms with Gasteiger partial charge in [0, 0.05) is 23.7 Å². The molecular formula is C25H27NO3. The van der Waals surface area contributed by atoms with E-state index in [9.17, 15) is 4.79 Å². The quantitative estimate of drug-likeness (QED) is 0.508. The number of carbonyl (C=O) groups excluding carboxylic acids is 1. The zero-order chi connectivity index (χ0) is 20.5. The molecule has 0 aliphatic rings. The first-order valence-corrected chi connectivity index (χ1v) is 9.99. The normalized spacial score (nSPS) is 11.5. The number of rotatable bonds is 9. The van der Waals surface area contributed by atoms with Crippen LogP contribution in [0, 0.1) is 0 Å². The van der Waals surface area contributed by atoms with Crippen LogP contribution in [0.4, 0.5) is 5.69 Å². The molecule has 0 heterocycles. The fourth-order valence-electron chi connectivity index (χ4n) is 2.82. The van der Waals surface area contributed by atoms with E-state index in [4.69, 9.17) is 9.47 Å². The maximum Gasteiger partial charge on any atom is 0.255 e. The first kappa shape index (κ1) is 20.5. The molecule has 4 heteroatoms. The topological polar surface area (TPSA) is 47.6 Å². The first-order valence-electron chi connectivity index (χ1n) is 9.99. The average Bonchev–Trinajstić information content (AvgIpc) is 2.75. The average molecular weight is 389 g/mol. The second-order valence-corrected chi connectivity index (χ2v) is 6.93. The van der Waals surface area contributed by atoms with Crippen LogP contribution in [-0.4, -0.2) is 18.6 Å². The van der Waals surface area contributed by atoms with Crippen LogP contribution in [0.5, 0.6) is 11.5 Å². The molecule has 29 heavy (non-hydrogen) atoms. The largest absolute Gasteiger partial charge is 0.493 e. The van der Waals surface area contributed by atoms with Crippen molar-refractivity contribution in [2.24, 2.45) is 0 Å². The Bertz CT molecular complexity index is 924. The Kier molecular flexibility index (Phi) is 7.28. The Hall–Kier alpha value is -3.27. The third-order valence-electron chi connectivity index (χ3n) is 4.60. The molecule has 150 valence electrons. The summed E-state index contributed by atoms with van der Waals surface area (Å²) in [6, 6.07) is 24.9. The van der Waals surface area contributed by atoms with Gasteiger partial charge in [-0.15, -0.1) is 0 Å². The summed E-state index contributed by atoms with van der Waals surface area (Å²) in [7, 11) is 0. The number of amides is 1. The second-order valence-electron chi connectivity index (χ2n) is 6.93. The Morgan fingerprint density at radius 2 is 1.69 bits per heavy atom. The van der Waals surface area contributed by atoms with Gasteiger partial charge in [-0.25, -0.2) is 0 Å². The van der Waals surface area contributed by atoms with Crippen LogP contribution in [0.1, 0.15) is 36.2 Å². The van der Waals surface area contributed by atoms with Gasteiger partial charge in [0.1, 0.15) is 11.5 Å². The Morgan fingerprint density at radius 1 is 0.931 bits per heavy atom. The van der Waals surface area contributed by atoms with Crippen LogP contribution in [-0.2, 0) is 6.42 Å². The van der Waals surface area contributed by atoms with Gasteiger partial charge >= 0.3 is 0 Å². The minimum absolute atomic E-state index is 0.109. The molecule has 0 aliphatic carbocycles. The number of anilines is 1. The van der Waals surface area contributed by atoms with Crippen molar-refractivity contribution in [1.29, 1.82) is 0 Å². The number of ether oxygens (including phenoxy) is 2. The molecule has 1 atom stereocenters. The van der Waals surface area contributed by atoms with Gasteiger partial charge in [0.15, 0.2) is 0 Å². The predicted molar refractivity (Wildman–Crippen MR) is 117 cm³/mol. The van der Waals surface area contributed by atoms with Crippen molar-refractivity contribution < 1.29 is 14.3 Å². The lowest BCUT2D eigenvalue weighted by Crippen LogP contribution is -2.13. The van der Waals surface area contributed by atoms with Crippen molar-refractivity contribution in [2.75, 3.05) is 11.9 Å². The summed E-state index contributed by atoms with van der Waals surface area (Å²) in [5.41, 5.74) is 2.48. The maximum absolute atomic E-state index is 12.6. The van der Waals surface area contributed by atoms with Crippen molar-refractivity contribution in [3.8, 4) is 11.5 Å². The van der Waals surface area contributed by atoms with Crippen molar-refractivity contribution >= 4 is 11.6 Å². The zero-order valence-corrected chi connectivity index (χ0v) is 16.9. The Labute approximate surface area is 172 Å². The highest BCUT2D eigenvalue weighted by molar-refractivity contribution is 6.04. The van der Waals surface area contributed by atoms with Crippen LogP contribution in [0.3, 0.4) is 0 Å². The van der Waals surface area contributed by atoms with E-state index in [1.807, 2.05) is 61.5 Å². The van der Waals surface area contributed by atoms with Crippen molar-refractivity contribution in [3.63, 3.8) is 0 Å². The third kappa shape index (κ3) is 6.39. The molecule has 4 nitrogen and oxygen atoms in total. The summed E-state index contributed by atoms with van der Waals surface area (Å²) in [5.74, 6) is 1.25. The molecule has 3 aromatic rings. The summed E-state index contributed by atoms with van der Waals surface area (Å²) in [6.45, 7) is 4.66. The highest BCUT2D eigenvalue weighted by atomic mass is 16.5. The maximum atomic E-state index is 12.6. The fraction of sp³-hybridized carbons (Fsp3) is 0.240. The van der Waals surface area contributed by atoms with Crippen molar-refractivity contribution in [1.82, 2.24) is 0 Å². The summed E-state index contributed by atoms with van der Waals surface area (Å²) >= 11 is 0. The number of hydrogen-bond acceptors (Lipinski definition) is 3. The van der Waals surface area contributed by atoms with E-state index in [2.05, 4.69) is 24.4 Å². The second kappa shape index (κ2) is 10.3. The SMILES string of the molecule is CCC(C)Oc1cccc(C(=O)Nc2cccc(OCCc3ccccc3)c2)c1. The molecule has 0 spiro atoms. The van der Waals surface area contributed by atoms with E-state index in [-0.39, 0.29) is 12.0 Å². The van der Waals surface area contributed by atoms with E-state index in [0.717, 1.165) is 18.6 Å². The molecule has 0 bridgehead atoms. The zero-order valence-electron chi connectivity index (χ0n) is 16.9. The van der Waals surface area contributed by atoms with Crippen LogP contribution >= 0.6 is 0 Å². The molecule has 1 N–H and O–H groups in total. The van der Waals surface area contributed by atoms with Crippen LogP contribution in [0.25, 0.3) is 0 Å². The highest BCUT2D eigenvalue weighted by Gasteiger charge is 2.09. The van der Waals surface area contributed by atoms with Gasteiger partial charge in [-0.05, 0) is 49.2 Å². The predicted octanol–water partition coefficient (Wildman–Crippen LogP) is 5.74. The smallest absolute Gasteiger partial charge is 0.255 e. The van der Waals surface area contributed by atoms with Crippen LogP contribution < -0.4 is 14.8 Å². The van der Waals surface area contributed by atoms with Gasteiger partial charge in [0.25, 0.3) is 5.91 Å². The number of nitrogens with one attached hydrogen (secondary N) is 1. The lowest BCUT2D eigenvalue weighted by Gasteiger charge is -2.13. The third-order valence-corrected chi connectivity index (χ3v) is 4.60. The minimum atomic E-state index is -0.180. The summed E-state index contributed by atoms with van der Waals surface area (Å²) in [4.78, 5) is 12.6. The van der Waals surface area contributed by atoms with Gasteiger partial charge in [-0.1, -0.05) is 49.4 Å². The van der Waals surface area contributed by atoms with Gasteiger partial charge in [-0.2, -0.15) is 0 Å². The van der Waals surface area contributed by atoms with E-state index in [1.165, 1.54) is 5.56 Å². The fourth-order valence-corrected chi connectivity index (χ4v) is 2.82. The molecule has 3 aromatic carbocycles. The molecule has 0 radical (unpaired) electrons. The minimum Gasteiger partial charge on any atom is -0.493 e. The van der Waals surface area contributed by atoms with Crippen LogP contribution in [0.2, 0.25) is 0 Å².